The van der Waals surface area contributed by atoms with E-state index in [0.29, 0.717) is 25.4 Å². The molecule has 1 aliphatic rings. The first-order valence-electron chi connectivity index (χ1n) is 7.07. The molecule has 21 heavy (non-hydrogen) atoms. The lowest BCUT2D eigenvalue weighted by molar-refractivity contribution is 0.0354. The highest BCUT2D eigenvalue weighted by Crippen LogP contribution is 2.17. The van der Waals surface area contributed by atoms with Gasteiger partial charge in [0.25, 0.3) is 0 Å². The molecular weight excluding hydrogens is 290 g/mol. The lowest BCUT2D eigenvalue weighted by atomic mass is 10.2. The van der Waals surface area contributed by atoms with Gasteiger partial charge in [-0.05, 0) is 37.6 Å². The van der Waals surface area contributed by atoms with E-state index in [-0.39, 0.29) is 10.9 Å². The molecule has 1 saturated heterocycles. The van der Waals surface area contributed by atoms with Gasteiger partial charge in [0.2, 0.25) is 10.0 Å². The Kier molecular flexibility index (Phi) is 5.21. The van der Waals surface area contributed by atoms with Crippen LogP contribution in [0, 0.1) is 6.92 Å². The van der Waals surface area contributed by atoms with Crippen molar-refractivity contribution in [3.63, 3.8) is 0 Å². The minimum Gasteiger partial charge on any atom is -0.399 e. The summed E-state index contributed by atoms with van der Waals surface area (Å²) in [5.74, 6) is 0. The highest BCUT2D eigenvalue weighted by molar-refractivity contribution is 7.89. The standard InChI is InChI=1S/C14H23N3O3S/c1-11-9-13(3-4-14(11)15)21(18,19)16-12(2)10-17-5-7-20-8-6-17/h3-4,9,12,16H,5-8,10,15H2,1-2H3. The molecule has 0 amide bonds. The number of benzene rings is 1. The van der Waals surface area contributed by atoms with Gasteiger partial charge < -0.3 is 10.5 Å². The fourth-order valence-electron chi connectivity index (χ4n) is 2.36. The smallest absolute Gasteiger partial charge is 0.240 e. The molecule has 1 aromatic carbocycles. The van der Waals surface area contributed by atoms with E-state index in [1.54, 1.807) is 19.1 Å². The zero-order valence-electron chi connectivity index (χ0n) is 12.5. The lowest BCUT2D eigenvalue weighted by Gasteiger charge is -2.29. The number of nitrogens with zero attached hydrogens (tertiary/aromatic N) is 1. The lowest BCUT2D eigenvalue weighted by Crippen LogP contribution is -2.45. The third-order valence-corrected chi connectivity index (χ3v) is 5.13. The topological polar surface area (TPSA) is 84.7 Å². The predicted octanol–water partition coefficient (Wildman–Crippen LogP) is 0.576. The van der Waals surface area contributed by atoms with Crippen LogP contribution in [-0.4, -0.2) is 52.2 Å². The molecule has 1 atom stereocenters. The summed E-state index contributed by atoms with van der Waals surface area (Å²) >= 11 is 0. The van der Waals surface area contributed by atoms with Gasteiger partial charge in [-0.25, -0.2) is 13.1 Å². The van der Waals surface area contributed by atoms with E-state index < -0.39 is 10.0 Å². The first-order chi connectivity index (χ1) is 9.88. The summed E-state index contributed by atoms with van der Waals surface area (Å²) in [6, 6.07) is 4.59. The van der Waals surface area contributed by atoms with Gasteiger partial charge in [-0.3, -0.25) is 4.90 Å². The van der Waals surface area contributed by atoms with Crippen molar-refractivity contribution < 1.29 is 13.2 Å². The van der Waals surface area contributed by atoms with Crippen LogP contribution >= 0.6 is 0 Å². The molecule has 0 aromatic heterocycles. The summed E-state index contributed by atoms with van der Waals surface area (Å²) < 4.78 is 32.7. The van der Waals surface area contributed by atoms with Crippen molar-refractivity contribution in [2.24, 2.45) is 0 Å². The second-order valence-corrected chi connectivity index (χ2v) is 7.17. The Morgan fingerprint density at radius 2 is 2.05 bits per heavy atom. The molecule has 118 valence electrons. The fourth-order valence-corrected chi connectivity index (χ4v) is 3.68. The van der Waals surface area contributed by atoms with Gasteiger partial charge in [0, 0.05) is 31.4 Å². The highest BCUT2D eigenvalue weighted by atomic mass is 32.2. The van der Waals surface area contributed by atoms with Gasteiger partial charge >= 0.3 is 0 Å². The van der Waals surface area contributed by atoms with Crippen molar-refractivity contribution in [3.05, 3.63) is 23.8 Å². The number of nitrogen functional groups attached to an aromatic ring is 1. The number of rotatable bonds is 5. The van der Waals surface area contributed by atoms with Crippen molar-refractivity contribution >= 4 is 15.7 Å². The van der Waals surface area contributed by atoms with E-state index in [4.69, 9.17) is 10.5 Å². The summed E-state index contributed by atoms with van der Waals surface area (Å²) in [5.41, 5.74) is 7.08. The molecule has 1 unspecified atom stereocenters. The van der Waals surface area contributed by atoms with E-state index in [9.17, 15) is 8.42 Å². The van der Waals surface area contributed by atoms with Crippen LogP contribution < -0.4 is 10.5 Å². The second kappa shape index (κ2) is 6.74. The predicted molar refractivity (Wildman–Crippen MR) is 82.6 cm³/mol. The molecule has 0 bridgehead atoms. The molecule has 2 rings (SSSR count). The summed E-state index contributed by atoms with van der Waals surface area (Å²) in [4.78, 5) is 2.45. The number of sulfonamides is 1. The average Bonchev–Trinajstić information content (AvgIpc) is 2.42. The summed E-state index contributed by atoms with van der Waals surface area (Å²) in [6.45, 7) is 7.44. The average molecular weight is 313 g/mol. The van der Waals surface area contributed by atoms with Crippen LogP contribution in [0.4, 0.5) is 5.69 Å². The van der Waals surface area contributed by atoms with Gasteiger partial charge in [0.15, 0.2) is 0 Å². The van der Waals surface area contributed by atoms with Crippen LogP contribution in [0.15, 0.2) is 23.1 Å². The van der Waals surface area contributed by atoms with Crippen molar-refractivity contribution in [2.75, 3.05) is 38.6 Å². The Labute approximate surface area is 126 Å². The molecule has 3 N–H and O–H groups in total. The number of anilines is 1. The molecule has 0 radical (unpaired) electrons. The number of aryl methyl sites for hydroxylation is 1. The zero-order valence-corrected chi connectivity index (χ0v) is 13.3. The number of nitrogens with two attached hydrogens (primary N) is 1. The van der Waals surface area contributed by atoms with E-state index >= 15 is 0 Å². The molecule has 0 saturated carbocycles. The molecule has 0 spiro atoms. The Morgan fingerprint density at radius 3 is 2.67 bits per heavy atom. The summed E-state index contributed by atoms with van der Waals surface area (Å²) in [5, 5.41) is 0. The largest absolute Gasteiger partial charge is 0.399 e. The first kappa shape index (κ1) is 16.2. The number of hydrogen-bond acceptors (Lipinski definition) is 5. The minimum atomic E-state index is -3.51. The highest BCUT2D eigenvalue weighted by Gasteiger charge is 2.20. The molecule has 1 fully saturated rings. The SMILES string of the molecule is Cc1cc(S(=O)(=O)NC(C)CN2CCOCC2)ccc1N. The maximum Gasteiger partial charge on any atom is 0.240 e. The van der Waals surface area contributed by atoms with Gasteiger partial charge in [0.1, 0.15) is 0 Å². The molecule has 1 aromatic rings. The maximum absolute atomic E-state index is 12.4. The van der Waals surface area contributed by atoms with Gasteiger partial charge in [-0.1, -0.05) is 0 Å². The Balaban J connectivity index is 2.00. The molecule has 0 aliphatic carbocycles. The van der Waals surface area contributed by atoms with Gasteiger partial charge in [0.05, 0.1) is 18.1 Å². The van der Waals surface area contributed by atoms with Crippen LogP contribution in [0.1, 0.15) is 12.5 Å². The Hall–Kier alpha value is -1.15. The maximum atomic E-state index is 12.4. The quantitative estimate of drug-likeness (QED) is 0.777. The van der Waals surface area contributed by atoms with E-state index in [2.05, 4.69) is 9.62 Å². The molecular formula is C14H23N3O3S. The molecule has 7 heteroatoms. The van der Waals surface area contributed by atoms with Crippen molar-refractivity contribution in [1.29, 1.82) is 0 Å². The minimum absolute atomic E-state index is 0.161. The van der Waals surface area contributed by atoms with Crippen LogP contribution in [0.5, 0.6) is 0 Å². The first-order valence-corrected chi connectivity index (χ1v) is 8.55. The van der Waals surface area contributed by atoms with Crippen LogP contribution in [-0.2, 0) is 14.8 Å². The fraction of sp³-hybridized carbons (Fsp3) is 0.571. The zero-order chi connectivity index (χ0) is 15.5. The molecule has 6 nitrogen and oxygen atoms in total. The number of hydrogen-bond donors (Lipinski definition) is 2. The van der Waals surface area contributed by atoms with E-state index in [1.807, 2.05) is 6.92 Å². The van der Waals surface area contributed by atoms with Crippen molar-refractivity contribution in [3.8, 4) is 0 Å². The summed E-state index contributed by atoms with van der Waals surface area (Å²) in [7, 11) is -3.51. The summed E-state index contributed by atoms with van der Waals surface area (Å²) in [6.07, 6.45) is 0. The van der Waals surface area contributed by atoms with E-state index in [1.165, 1.54) is 6.07 Å². The molecule has 1 aliphatic heterocycles. The Bertz CT molecular complexity index is 583. The second-order valence-electron chi connectivity index (χ2n) is 5.45. The van der Waals surface area contributed by atoms with Crippen LogP contribution in [0.2, 0.25) is 0 Å². The third kappa shape index (κ3) is 4.41. The van der Waals surface area contributed by atoms with Gasteiger partial charge in [-0.15, -0.1) is 0 Å². The van der Waals surface area contributed by atoms with Crippen molar-refractivity contribution in [2.45, 2.75) is 24.8 Å². The Morgan fingerprint density at radius 1 is 1.38 bits per heavy atom. The number of morpholine rings is 1. The third-order valence-electron chi connectivity index (χ3n) is 3.54. The van der Waals surface area contributed by atoms with Crippen LogP contribution in [0.3, 0.4) is 0 Å². The molecule has 1 heterocycles. The monoisotopic (exact) mass is 313 g/mol. The van der Waals surface area contributed by atoms with E-state index in [0.717, 1.165) is 18.7 Å². The van der Waals surface area contributed by atoms with Gasteiger partial charge in [-0.2, -0.15) is 0 Å². The number of ether oxygens (including phenoxy) is 1. The van der Waals surface area contributed by atoms with Crippen LogP contribution in [0.25, 0.3) is 0 Å². The number of nitrogens with one attached hydrogen (secondary N) is 1. The normalized spacial score (nSPS) is 18.6. The van der Waals surface area contributed by atoms with Crippen molar-refractivity contribution in [1.82, 2.24) is 9.62 Å².